The van der Waals surface area contributed by atoms with Crippen molar-refractivity contribution < 1.29 is 4.79 Å². The molecule has 6 nitrogen and oxygen atoms in total. The van der Waals surface area contributed by atoms with Crippen molar-refractivity contribution in [3.63, 3.8) is 0 Å². The van der Waals surface area contributed by atoms with E-state index in [2.05, 4.69) is 15.3 Å². The molecule has 1 heterocycles. The van der Waals surface area contributed by atoms with Crippen LogP contribution in [-0.4, -0.2) is 22.4 Å². The van der Waals surface area contributed by atoms with Gasteiger partial charge in [-0.15, -0.1) is 0 Å². The molecule has 0 saturated heterocycles. The van der Waals surface area contributed by atoms with E-state index in [0.717, 1.165) is 5.56 Å². The molecule has 0 radical (unpaired) electrons. The van der Waals surface area contributed by atoms with Gasteiger partial charge in [-0.1, -0.05) is 37.3 Å². The van der Waals surface area contributed by atoms with Crippen LogP contribution in [0.1, 0.15) is 28.8 Å². The van der Waals surface area contributed by atoms with E-state index in [9.17, 15) is 14.4 Å². The Labute approximate surface area is 137 Å². The normalized spacial score (nSPS) is 12.0. The van der Waals surface area contributed by atoms with Gasteiger partial charge < -0.3 is 15.3 Å². The van der Waals surface area contributed by atoms with Gasteiger partial charge in [0.15, 0.2) is 0 Å². The minimum absolute atomic E-state index is 0.187. The van der Waals surface area contributed by atoms with E-state index in [1.54, 1.807) is 18.2 Å². The van der Waals surface area contributed by atoms with Crippen molar-refractivity contribution in [2.75, 3.05) is 6.54 Å². The molecule has 0 aliphatic carbocycles. The maximum atomic E-state index is 12.3. The van der Waals surface area contributed by atoms with Gasteiger partial charge >= 0.3 is 11.1 Å². The second-order valence-corrected chi connectivity index (χ2v) is 5.69. The number of benzene rings is 2. The smallest absolute Gasteiger partial charge is 0.314 e. The Kier molecular flexibility index (Phi) is 4.29. The number of aromatic amines is 2. The molecule has 2 aromatic carbocycles. The summed E-state index contributed by atoms with van der Waals surface area (Å²) in [6.45, 7) is 2.54. The summed E-state index contributed by atoms with van der Waals surface area (Å²) in [4.78, 5) is 39.9. The lowest BCUT2D eigenvalue weighted by molar-refractivity contribution is 0.0952. The van der Waals surface area contributed by atoms with Crippen molar-refractivity contribution in [2.45, 2.75) is 12.8 Å². The number of aromatic nitrogens is 2. The van der Waals surface area contributed by atoms with Gasteiger partial charge in [0.05, 0.1) is 11.0 Å². The highest BCUT2D eigenvalue weighted by molar-refractivity contribution is 5.97. The Morgan fingerprint density at radius 2 is 1.67 bits per heavy atom. The molecule has 0 bridgehead atoms. The third-order valence-corrected chi connectivity index (χ3v) is 3.92. The molecule has 1 aromatic heterocycles. The highest BCUT2D eigenvalue weighted by Crippen LogP contribution is 2.14. The minimum atomic E-state index is -0.738. The second-order valence-electron chi connectivity index (χ2n) is 5.69. The highest BCUT2D eigenvalue weighted by Gasteiger charge is 2.10. The van der Waals surface area contributed by atoms with Gasteiger partial charge in [0.2, 0.25) is 0 Å². The molecule has 0 aliphatic rings. The summed E-state index contributed by atoms with van der Waals surface area (Å²) >= 11 is 0. The van der Waals surface area contributed by atoms with E-state index < -0.39 is 11.1 Å². The molecular formula is C18H17N3O3. The summed E-state index contributed by atoms with van der Waals surface area (Å²) < 4.78 is 0. The van der Waals surface area contributed by atoms with Crippen LogP contribution in [0.5, 0.6) is 0 Å². The van der Waals surface area contributed by atoms with Crippen LogP contribution < -0.4 is 16.4 Å². The van der Waals surface area contributed by atoms with E-state index in [1.807, 2.05) is 37.3 Å². The van der Waals surface area contributed by atoms with E-state index in [4.69, 9.17) is 0 Å². The summed E-state index contributed by atoms with van der Waals surface area (Å²) in [5.41, 5.74) is 1.02. The maximum Gasteiger partial charge on any atom is 0.314 e. The fourth-order valence-electron chi connectivity index (χ4n) is 2.50. The molecule has 1 unspecified atom stereocenters. The second kappa shape index (κ2) is 6.54. The maximum absolute atomic E-state index is 12.3. The van der Waals surface area contributed by atoms with Crippen LogP contribution in [-0.2, 0) is 0 Å². The number of nitrogens with one attached hydrogen (secondary N) is 3. The number of rotatable bonds is 4. The molecule has 3 N–H and O–H groups in total. The molecule has 122 valence electrons. The van der Waals surface area contributed by atoms with E-state index in [1.165, 1.54) is 0 Å². The zero-order valence-corrected chi connectivity index (χ0v) is 13.1. The van der Waals surface area contributed by atoms with Crippen LogP contribution in [0.3, 0.4) is 0 Å². The lowest BCUT2D eigenvalue weighted by Crippen LogP contribution is -2.29. The Bertz CT molecular complexity index is 990. The van der Waals surface area contributed by atoms with Gasteiger partial charge in [-0.3, -0.25) is 14.4 Å². The molecule has 0 aliphatic heterocycles. The van der Waals surface area contributed by atoms with Crippen molar-refractivity contribution in [1.29, 1.82) is 0 Å². The molecule has 1 atom stereocenters. The lowest BCUT2D eigenvalue weighted by atomic mass is 10.0. The van der Waals surface area contributed by atoms with Crippen molar-refractivity contribution in [3.05, 3.63) is 80.4 Å². The molecule has 0 spiro atoms. The van der Waals surface area contributed by atoms with Crippen LogP contribution in [0.4, 0.5) is 0 Å². The number of hydrogen-bond acceptors (Lipinski definition) is 3. The average Bonchev–Trinajstić information content (AvgIpc) is 2.60. The van der Waals surface area contributed by atoms with Crippen molar-refractivity contribution in [2.24, 2.45) is 0 Å². The van der Waals surface area contributed by atoms with Crippen LogP contribution in [0, 0.1) is 0 Å². The molecule has 0 fully saturated rings. The van der Waals surface area contributed by atoms with Crippen molar-refractivity contribution in [1.82, 2.24) is 15.3 Å². The summed E-state index contributed by atoms with van der Waals surface area (Å²) in [7, 11) is 0. The quantitative estimate of drug-likeness (QED) is 0.638. The molecule has 24 heavy (non-hydrogen) atoms. The van der Waals surface area contributed by atoms with Gasteiger partial charge in [0, 0.05) is 12.1 Å². The third-order valence-electron chi connectivity index (χ3n) is 3.92. The summed E-state index contributed by atoms with van der Waals surface area (Å²) in [6, 6.07) is 14.7. The average molecular weight is 323 g/mol. The summed E-state index contributed by atoms with van der Waals surface area (Å²) in [5, 5.41) is 2.89. The van der Waals surface area contributed by atoms with Crippen molar-refractivity contribution >= 4 is 16.9 Å². The number of carbonyl (C=O) groups excluding carboxylic acids is 1. The Hall–Kier alpha value is -3.15. The van der Waals surface area contributed by atoms with E-state index in [-0.39, 0.29) is 11.8 Å². The first-order chi connectivity index (χ1) is 11.5. The number of amides is 1. The Balaban J connectivity index is 1.75. The topological polar surface area (TPSA) is 94.8 Å². The number of hydrogen-bond donors (Lipinski definition) is 3. The predicted octanol–water partition coefficient (Wildman–Crippen LogP) is 1.75. The van der Waals surface area contributed by atoms with Gasteiger partial charge in [-0.2, -0.15) is 0 Å². The molecule has 3 aromatic rings. The molecule has 1 amide bonds. The SMILES string of the molecule is CC(CNC(=O)c1ccc2[nH]c(=O)c(=O)[nH]c2c1)c1ccccc1. The predicted molar refractivity (Wildman–Crippen MR) is 92.4 cm³/mol. The molecular weight excluding hydrogens is 306 g/mol. The van der Waals surface area contributed by atoms with Gasteiger partial charge in [-0.05, 0) is 29.7 Å². The fraction of sp³-hybridized carbons (Fsp3) is 0.167. The van der Waals surface area contributed by atoms with Crippen LogP contribution in [0.2, 0.25) is 0 Å². The minimum Gasteiger partial charge on any atom is -0.351 e. The van der Waals surface area contributed by atoms with Crippen molar-refractivity contribution in [3.8, 4) is 0 Å². The monoisotopic (exact) mass is 323 g/mol. The Morgan fingerprint density at radius 1 is 1.00 bits per heavy atom. The zero-order valence-electron chi connectivity index (χ0n) is 13.1. The van der Waals surface area contributed by atoms with Crippen LogP contribution in [0.15, 0.2) is 58.1 Å². The van der Waals surface area contributed by atoms with E-state index in [0.29, 0.717) is 23.1 Å². The standard InChI is InChI=1S/C18H17N3O3/c1-11(12-5-3-2-4-6-12)10-19-16(22)13-7-8-14-15(9-13)21-18(24)17(23)20-14/h2-9,11H,10H2,1H3,(H,19,22)(H,20,23)(H,21,24). The van der Waals surface area contributed by atoms with E-state index >= 15 is 0 Å². The first-order valence-electron chi connectivity index (χ1n) is 7.64. The molecule has 3 rings (SSSR count). The summed E-state index contributed by atoms with van der Waals surface area (Å²) in [6.07, 6.45) is 0. The first kappa shape index (κ1) is 15.7. The van der Waals surface area contributed by atoms with Gasteiger partial charge in [0.25, 0.3) is 5.91 Å². The Morgan fingerprint density at radius 3 is 2.38 bits per heavy atom. The zero-order chi connectivity index (χ0) is 17.1. The number of carbonyl (C=O) groups is 1. The first-order valence-corrected chi connectivity index (χ1v) is 7.64. The van der Waals surface area contributed by atoms with Crippen LogP contribution >= 0.6 is 0 Å². The number of fused-ring (bicyclic) bond motifs is 1. The highest BCUT2D eigenvalue weighted by atomic mass is 16.2. The third kappa shape index (κ3) is 3.27. The fourth-order valence-corrected chi connectivity index (χ4v) is 2.50. The molecule has 0 saturated carbocycles. The number of H-pyrrole nitrogens is 2. The largest absolute Gasteiger partial charge is 0.351 e. The summed E-state index contributed by atoms with van der Waals surface area (Å²) in [5.74, 6) is -0.0431. The van der Waals surface area contributed by atoms with Crippen LogP contribution in [0.25, 0.3) is 11.0 Å². The van der Waals surface area contributed by atoms with Gasteiger partial charge in [0.1, 0.15) is 0 Å². The molecule has 6 heteroatoms. The lowest BCUT2D eigenvalue weighted by Gasteiger charge is -2.13. The van der Waals surface area contributed by atoms with Gasteiger partial charge in [-0.25, -0.2) is 0 Å².